The molecule has 12 heteroatoms. The van der Waals surface area contributed by atoms with Gasteiger partial charge in [-0.2, -0.15) is 0 Å². The molecule has 0 bridgehead atoms. The van der Waals surface area contributed by atoms with Crippen molar-refractivity contribution in [1.82, 2.24) is 0 Å². The van der Waals surface area contributed by atoms with E-state index in [0.717, 1.165) is 0 Å². The fourth-order valence-corrected chi connectivity index (χ4v) is 1.42. The van der Waals surface area contributed by atoms with Crippen LogP contribution in [0, 0.1) is 0 Å². The third-order valence-electron chi connectivity index (χ3n) is 1.16. The van der Waals surface area contributed by atoms with E-state index in [4.69, 9.17) is 10.2 Å². The maximum absolute atomic E-state index is 10.4. The van der Waals surface area contributed by atoms with Crippen LogP contribution >= 0.6 is 0 Å². The minimum atomic E-state index is -3.68. The van der Waals surface area contributed by atoms with E-state index in [1.54, 1.807) is 0 Å². The highest BCUT2D eigenvalue weighted by molar-refractivity contribution is 7.67. The molecule has 0 rings (SSSR count). The average molecular weight is 278 g/mol. The van der Waals surface area contributed by atoms with Gasteiger partial charge in [0.05, 0.1) is 0 Å². The molecule has 0 radical (unpaired) electrons. The molecule has 0 heterocycles. The number of carboxylic acids is 2. The molecule has 2 N–H and O–H groups in total. The van der Waals surface area contributed by atoms with Crippen molar-refractivity contribution in [3.8, 4) is 0 Å². The van der Waals surface area contributed by atoms with Gasteiger partial charge in [-0.1, -0.05) is 0 Å². The lowest BCUT2D eigenvalue weighted by Gasteiger charge is -2.14. The third kappa shape index (κ3) is 5.01. The lowest BCUT2D eigenvalue weighted by atomic mass is 10.2. The van der Waals surface area contributed by atoms with Crippen molar-refractivity contribution in [2.75, 3.05) is 0 Å². The van der Waals surface area contributed by atoms with Crippen LogP contribution in [0.1, 0.15) is 0 Å². The first kappa shape index (κ1) is 14.8. The second-order valence-electron chi connectivity index (χ2n) is 2.18. The Balaban J connectivity index is 5.08. The van der Waals surface area contributed by atoms with Crippen molar-refractivity contribution in [3.63, 3.8) is 0 Å². The maximum Gasteiger partial charge on any atom is 0.337 e. The van der Waals surface area contributed by atoms with E-state index < -0.39 is 46.1 Å². The summed E-state index contributed by atoms with van der Waals surface area (Å²) in [6.45, 7) is 0. The van der Waals surface area contributed by atoms with E-state index in [2.05, 4.69) is 8.37 Å². The maximum atomic E-state index is 10.4. The van der Waals surface area contributed by atoms with Crippen LogP contribution in [0.3, 0.4) is 0 Å². The molecule has 16 heavy (non-hydrogen) atoms. The van der Waals surface area contributed by atoms with E-state index >= 15 is 0 Å². The molecule has 0 fully saturated rings. The van der Waals surface area contributed by atoms with Gasteiger partial charge in [-0.15, -0.1) is 0 Å². The number of thiol groups is 2. The Morgan fingerprint density at radius 2 is 1.06 bits per heavy atom. The van der Waals surface area contributed by atoms with Gasteiger partial charge in [0.1, 0.15) is 0 Å². The van der Waals surface area contributed by atoms with Gasteiger partial charge in [0.25, 0.3) is 22.0 Å². The molecule has 2 atom stereocenters. The van der Waals surface area contributed by atoms with E-state index in [0.29, 0.717) is 0 Å². The molecule has 0 aliphatic carbocycles. The largest absolute Gasteiger partial charge is 0.479 e. The van der Waals surface area contributed by atoms with Crippen LogP contribution < -0.4 is 0 Å². The van der Waals surface area contributed by atoms with Crippen molar-refractivity contribution >= 4 is 33.9 Å². The standard InChI is InChI=1S/C4H6O10S2/c5-3(6)1(13-15(9)10)2(4(7)8)14-16(11)12/h1-2,15-16H,(H,5,6)(H,7,8). The second-order valence-corrected chi connectivity index (χ2v) is 3.49. The van der Waals surface area contributed by atoms with Gasteiger partial charge in [-0.25, -0.2) is 26.4 Å². The highest BCUT2D eigenvalue weighted by Gasteiger charge is 2.38. The summed E-state index contributed by atoms with van der Waals surface area (Å²) in [5.74, 6) is -3.99. The molecule has 0 aliphatic rings. The summed E-state index contributed by atoms with van der Waals surface area (Å²) in [5, 5.41) is 16.8. The van der Waals surface area contributed by atoms with E-state index in [9.17, 15) is 26.4 Å². The molecular formula is C4H6O10S2. The summed E-state index contributed by atoms with van der Waals surface area (Å²) in [6, 6.07) is 0. The Kier molecular flexibility index (Phi) is 5.87. The topological polar surface area (TPSA) is 161 Å². The van der Waals surface area contributed by atoms with E-state index in [-0.39, 0.29) is 0 Å². The Morgan fingerprint density at radius 3 is 1.19 bits per heavy atom. The van der Waals surface area contributed by atoms with Gasteiger partial charge >= 0.3 is 11.9 Å². The Bertz CT molecular complexity index is 363. The second kappa shape index (κ2) is 6.37. The van der Waals surface area contributed by atoms with Crippen molar-refractivity contribution in [1.29, 1.82) is 0 Å². The van der Waals surface area contributed by atoms with Gasteiger partial charge < -0.3 is 10.2 Å². The summed E-state index contributed by atoms with van der Waals surface area (Å²) in [5.41, 5.74) is 0. The van der Waals surface area contributed by atoms with Crippen LogP contribution in [0.15, 0.2) is 0 Å². The minimum absolute atomic E-state index is 2.00. The van der Waals surface area contributed by atoms with Crippen molar-refractivity contribution in [3.05, 3.63) is 0 Å². The monoisotopic (exact) mass is 278 g/mol. The first-order valence-electron chi connectivity index (χ1n) is 3.33. The van der Waals surface area contributed by atoms with Gasteiger partial charge in [-0.3, -0.25) is 8.37 Å². The summed E-state index contributed by atoms with van der Waals surface area (Å²) in [4.78, 5) is 20.9. The Morgan fingerprint density at radius 1 is 0.812 bits per heavy atom. The fourth-order valence-electron chi connectivity index (χ4n) is 0.645. The number of hydrogen-bond acceptors (Lipinski definition) is 8. The lowest BCUT2D eigenvalue weighted by Crippen LogP contribution is -2.43. The SMILES string of the molecule is O=C(O)C(O[SH](=O)=O)C(O[SH](=O)=O)C(=O)O. The van der Waals surface area contributed by atoms with Gasteiger partial charge in [0, 0.05) is 0 Å². The smallest absolute Gasteiger partial charge is 0.337 e. The average Bonchev–Trinajstić information content (AvgIpc) is 2.09. The van der Waals surface area contributed by atoms with E-state index in [1.807, 2.05) is 0 Å². The number of carbonyl (C=O) groups is 2. The van der Waals surface area contributed by atoms with Crippen molar-refractivity contribution in [2.24, 2.45) is 0 Å². The summed E-state index contributed by atoms with van der Waals surface area (Å²) in [6.07, 6.45) is -4.96. The van der Waals surface area contributed by atoms with E-state index in [1.165, 1.54) is 0 Å². The number of rotatable bonds is 7. The molecule has 94 valence electrons. The van der Waals surface area contributed by atoms with Crippen LogP contribution in [0.4, 0.5) is 0 Å². The summed E-state index contributed by atoms with van der Waals surface area (Å²) < 4.78 is 47.8. The molecule has 10 nitrogen and oxygen atoms in total. The molecule has 0 aromatic heterocycles. The molecule has 0 aromatic carbocycles. The quantitative estimate of drug-likeness (QED) is 0.352. The van der Waals surface area contributed by atoms with Crippen molar-refractivity contribution < 1.29 is 45.0 Å². The minimum Gasteiger partial charge on any atom is -0.479 e. The number of hydrogen-bond donors (Lipinski definition) is 4. The first-order chi connectivity index (χ1) is 7.25. The highest BCUT2D eigenvalue weighted by Crippen LogP contribution is 2.06. The van der Waals surface area contributed by atoms with Gasteiger partial charge in [-0.05, 0) is 0 Å². The van der Waals surface area contributed by atoms with Crippen LogP contribution in [0.2, 0.25) is 0 Å². The number of aliphatic carboxylic acids is 2. The fraction of sp³-hybridized carbons (Fsp3) is 0.500. The summed E-state index contributed by atoms with van der Waals surface area (Å²) >= 11 is 0. The molecule has 0 saturated heterocycles. The normalized spacial score (nSPS) is 14.9. The zero-order valence-corrected chi connectivity index (χ0v) is 9.00. The van der Waals surface area contributed by atoms with Crippen LogP contribution in [0.25, 0.3) is 0 Å². The zero-order valence-electron chi connectivity index (χ0n) is 7.21. The lowest BCUT2D eigenvalue weighted by molar-refractivity contribution is -0.160. The van der Waals surface area contributed by atoms with Crippen molar-refractivity contribution in [2.45, 2.75) is 12.2 Å². The molecular weight excluding hydrogens is 272 g/mol. The molecule has 0 aromatic rings. The Labute approximate surface area is 91.7 Å². The molecule has 0 aliphatic heterocycles. The molecule has 0 saturated carbocycles. The molecule has 0 amide bonds. The first-order valence-corrected chi connectivity index (χ1v) is 5.52. The molecule has 0 spiro atoms. The number of carboxylic acid groups (broad SMARTS) is 2. The van der Waals surface area contributed by atoms with Gasteiger partial charge in [0.2, 0.25) is 12.2 Å². The zero-order chi connectivity index (χ0) is 12.9. The Hall–Kier alpha value is -1.24. The van der Waals surface area contributed by atoms with Crippen LogP contribution in [-0.2, 0) is 39.9 Å². The van der Waals surface area contributed by atoms with Crippen LogP contribution in [0.5, 0.6) is 0 Å². The van der Waals surface area contributed by atoms with Crippen LogP contribution in [-0.4, -0.2) is 51.2 Å². The predicted octanol–water partition coefficient (Wildman–Crippen LogP) is -3.02. The summed E-state index contributed by atoms with van der Waals surface area (Å²) in [7, 11) is -7.35. The highest BCUT2D eigenvalue weighted by atomic mass is 32.2. The predicted molar refractivity (Wildman–Crippen MR) is 45.6 cm³/mol. The van der Waals surface area contributed by atoms with Gasteiger partial charge in [0.15, 0.2) is 0 Å². The molecule has 2 unspecified atom stereocenters. The third-order valence-corrected chi connectivity index (χ3v) is 1.96.